The van der Waals surface area contributed by atoms with Gasteiger partial charge < -0.3 is 19.8 Å². The standard InChI is InChI=1S/C23H23N3O5S/c1-26(2)32(28,29)16-8-6-7-15(11-16)24-14-23(27)25-19-13-21-18(12-22(19)30-3)17-9-4-5-10-20(17)31-21/h4-13,24H,14H2,1-3H3,(H,25,27). The Morgan fingerprint density at radius 2 is 1.78 bits per heavy atom. The average molecular weight is 454 g/mol. The van der Waals surface area contributed by atoms with Crippen molar-refractivity contribution < 1.29 is 22.4 Å². The third-order valence-electron chi connectivity index (χ3n) is 5.04. The van der Waals surface area contributed by atoms with Gasteiger partial charge in [-0.2, -0.15) is 0 Å². The first kappa shape index (κ1) is 21.7. The van der Waals surface area contributed by atoms with Gasteiger partial charge >= 0.3 is 0 Å². The number of hydrogen-bond donors (Lipinski definition) is 2. The van der Waals surface area contributed by atoms with Gasteiger partial charge in [-0.1, -0.05) is 24.3 Å². The predicted molar refractivity (Wildman–Crippen MR) is 125 cm³/mol. The first-order valence-corrected chi connectivity index (χ1v) is 11.3. The summed E-state index contributed by atoms with van der Waals surface area (Å²) in [6.07, 6.45) is 0. The second-order valence-electron chi connectivity index (χ2n) is 7.36. The van der Waals surface area contributed by atoms with Crippen molar-refractivity contribution >= 4 is 49.2 Å². The van der Waals surface area contributed by atoms with Gasteiger partial charge in [0.25, 0.3) is 0 Å². The van der Waals surface area contributed by atoms with Crippen LogP contribution in [0.4, 0.5) is 11.4 Å². The van der Waals surface area contributed by atoms with Crippen molar-refractivity contribution in [2.24, 2.45) is 0 Å². The van der Waals surface area contributed by atoms with Gasteiger partial charge in [0.05, 0.1) is 24.2 Å². The number of methoxy groups -OCH3 is 1. The molecule has 0 saturated heterocycles. The Kier molecular flexibility index (Phi) is 5.77. The van der Waals surface area contributed by atoms with Crippen LogP contribution in [0.1, 0.15) is 0 Å². The van der Waals surface area contributed by atoms with Crippen LogP contribution in [0.3, 0.4) is 0 Å². The van der Waals surface area contributed by atoms with Crippen molar-refractivity contribution in [3.05, 3.63) is 60.7 Å². The summed E-state index contributed by atoms with van der Waals surface area (Å²) in [5.74, 6) is 0.191. The third-order valence-corrected chi connectivity index (χ3v) is 6.85. The van der Waals surface area contributed by atoms with E-state index >= 15 is 0 Å². The molecule has 0 aliphatic carbocycles. The van der Waals surface area contributed by atoms with Gasteiger partial charge in [-0.15, -0.1) is 0 Å². The Morgan fingerprint density at radius 3 is 2.53 bits per heavy atom. The van der Waals surface area contributed by atoms with Crippen molar-refractivity contribution in [3.8, 4) is 5.75 Å². The molecule has 0 aliphatic rings. The molecule has 0 fully saturated rings. The molecule has 8 nitrogen and oxygen atoms in total. The molecule has 0 spiro atoms. The zero-order valence-electron chi connectivity index (χ0n) is 17.9. The van der Waals surface area contributed by atoms with Crippen LogP contribution >= 0.6 is 0 Å². The van der Waals surface area contributed by atoms with E-state index in [1.165, 1.54) is 33.3 Å². The largest absolute Gasteiger partial charge is 0.495 e. The molecule has 0 atom stereocenters. The van der Waals surface area contributed by atoms with Crippen LogP contribution in [0.2, 0.25) is 0 Å². The van der Waals surface area contributed by atoms with E-state index in [-0.39, 0.29) is 17.3 Å². The minimum absolute atomic E-state index is 0.0627. The number of anilines is 2. The second-order valence-corrected chi connectivity index (χ2v) is 9.52. The van der Waals surface area contributed by atoms with Crippen molar-refractivity contribution in [3.63, 3.8) is 0 Å². The maximum Gasteiger partial charge on any atom is 0.243 e. The summed E-state index contributed by atoms with van der Waals surface area (Å²) in [4.78, 5) is 12.7. The molecule has 1 amide bonds. The highest BCUT2D eigenvalue weighted by atomic mass is 32.2. The molecule has 9 heteroatoms. The molecule has 1 aromatic heterocycles. The van der Waals surface area contributed by atoms with Crippen LogP contribution in [-0.4, -0.2) is 46.4 Å². The first-order chi connectivity index (χ1) is 15.3. The Labute approximate surface area is 185 Å². The minimum Gasteiger partial charge on any atom is -0.495 e. The lowest BCUT2D eigenvalue weighted by atomic mass is 10.1. The van der Waals surface area contributed by atoms with Crippen molar-refractivity contribution in [1.29, 1.82) is 0 Å². The van der Waals surface area contributed by atoms with Crippen LogP contribution in [-0.2, 0) is 14.8 Å². The molecule has 0 bridgehead atoms. The van der Waals surface area contributed by atoms with Crippen LogP contribution < -0.4 is 15.4 Å². The number of para-hydroxylation sites is 1. The van der Waals surface area contributed by atoms with Gasteiger partial charge in [0, 0.05) is 36.6 Å². The fourth-order valence-electron chi connectivity index (χ4n) is 3.37. The number of fused-ring (bicyclic) bond motifs is 3. The fraction of sp³-hybridized carbons (Fsp3) is 0.174. The summed E-state index contributed by atoms with van der Waals surface area (Å²) in [6, 6.07) is 17.6. The number of ether oxygens (including phenoxy) is 1. The van der Waals surface area contributed by atoms with E-state index in [1.54, 1.807) is 18.2 Å². The maximum atomic E-state index is 12.6. The number of hydrogen-bond acceptors (Lipinski definition) is 6. The normalized spacial score (nSPS) is 11.8. The monoisotopic (exact) mass is 453 g/mol. The predicted octanol–water partition coefficient (Wildman–Crippen LogP) is 3.90. The number of carbonyl (C=O) groups excluding carboxylic acids is 1. The lowest BCUT2D eigenvalue weighted by Crippen LogP contribution is -2.23. The number of benzene rings is 3. The molecule has 0 unspecified atom stereocenters. The van der Waals surface area contributed by atoms with E-state index < -0.39 is 10.0 Å². The van der Waals surface area contributed by atoms with Gasteiger partial charge in [-0.3, -0.25) is 4.79 Å². The van der Waals surface area contributed by atoms with E-state index in [0.29, 0.717) is 22.7 Å². The van der Waals surface area contributed by atoms with E-state index in [1.807, 2.05) is 30.3 Å². The number of furan rings is 1. The Bertz CT molecular complexity index is 1410. The summed E-state index contributed by atoms with van der Waals surface area (Å²) in [5.41, 5.74) is 2.39. The number of amides is 1. The molecular formula is C23H23N3O5S. The maximum absolute atomic E-state index is 12.6. The molecule has 0 saturated carbocycles. The molecule has 166 valence electrons. The van der Waals surface area contributed by atoms with Crippen molar-refractivity contribution in [1.82, 2.24) is 4.31 Å². The molecule has 4 rings (SSSR count). The van der Waals surface area contributed by atoms with Crippen LogP contribution in [0.15, 0.2) is 70.0 Å². The highest BCUT2D eigenvalue weighted by Gasteiger charge is 2.18. The number of nitrogens with zero attached hydrogens (tertiary/aromatic N) is 1. The molecule has 2 N–H and O–H groups in total. The van der Waals surface area contributed by atoms with Crippen LogP contribution in [0, 0.1) is 0 Å². The molecular weight excluding hydrogens is 430 g/mol. The smallest absolute Gasteiger partial charge is 0.243 e. The zero-order chi connectivity index (χ0) is 22.9. The van der Waals surface area contributed by atoms with E-state index in [4.69, 9.17) is 9.15 Å². The van der Waals surface area contributed by atoms with Gasteiger partial charge in [0.2, 0.25) is 15.9 Å². The highest BCUT2D eigenvalue weighted by molar-refractivity contribution is 7.89. The fourth-order valence-corrected chi connectivity index (χ4v) is 4.32. The lowest BCUT2D eigenvalue weighted by molar-refractivity contribution is -0.114. The van der Waals surface area contributed by atoms with Crippen molar-refractivity contribution in [2.45, 2.75) is 4.90 Å². The summed E-state index contributed by atoms with van der Waals surface area (Å²) in [5, 5.41) is 7.63. The quantitative estimate of drug-likeness (QED) is 0.440. The molecule has 0 radical (unpaired) electrons. The number of carbonyl (C=O) groups is 1. The summed E-state index contributed by atoms with van der Waals surface area (Å²) in [6.45, 7) is -0.0627. The van der Waals surface area contributed by atoms with E-state index in [0.717, 1.165) is 20.7 Å². The molecule has 3 aromatic carbocycles. The Hall–Kier alpha value is -3.56. The molecule has 4 aromatic rings. The number of sulfonamides is 1. The van der Waals surface area contributed by atoms with Crippen LogP contribution in [0.5, 0.6) is 5.75 Å². The van der Waals surface area contributed by atoms with E-state index in [9.17, 15) is 13.2 Å². The zero-order valence-corrected chi connectivity index (χ0v) is 18.7. The Balaban J connectivity index is 1.51. The molecule has 0 aliphatic heterocycles. The molecule has 1 heterocycles. The van der Waals surface area contributed by atoms with Gasteiger partial charge in [0.1, 0.15) is 16.9 Å². The topological polar surface area (TPSA) is 101 Å². The SMILES string of the molecule is COc1cc2c(cc1NC(=O)CNc1cccc(S(=O)(=O)N(C)C)c1)oc1ccccc12. The number of nitrogens with one attached hydrogen (secondary N) is 2. The average Bonchev–Trinajstić information content (AvgIpc) is 3.14. The van der Waals surface area contributed by atoms with E-state index in [2.05, 4.69) is 10.6 Å². The summed E-state index contributed by atoms with van der Waals surface area (Å²) in [7, 11) is 0.909. The van der Waals surface area contributed by atoms with Gasteiger partial charge in [0.15, 0.2) is 0 Å². The Morgan fingerprint density at radius 1 is 1.00 bits per heavy atom. The van der Waals surface area contributed by atoms with Gasteiger partial charge in [-0.05, 0) is 30.3 Å². The van der Waals surface area contributed by atoms with Crippen LogP contribution in [0.25, 0.3) is 21.9 Å². The number of rotatable bonds is 7. The first-order valence-electron chi connectivity index (χ1n) is 9.85. The van der Waals surface area contributed by atoms with Crippen molar-refractivity contribution in [2.75, 3.05) is 38.4 Å². The highest BCUT2D eigenvalue weighted by Crippen LogP contribution is 2.36. The minimum atomic E-state index is -3.56. The third kappa shape index (κ3) is 4.12. The lowest BCUT2D eigenvalue weighted by Gasteiger charge is -2.14. The summed E-state index contributed by atoms with van der Waals surface area (Å²) < 4.78 is 37.1. The molecule has 32 heavy (non-hydrogen) atoms. The second kappa shape index (κ2) is 8.52. The van der Waals surface area contributed by atoms with Gasteiger partial charge in [-0.25, -0.2) is 12.7 Å². The summed E-state index contributed by atoms with van der Waals surface area (Å²) >= 11 is 0.